The fourth-order valence-electron chi connectivity index (χ4n) is 2.68. The Balaban J connectivity index is 1.82. The van der Waals surface area contributed by atoms with Gasteiger partial charge in [0, 0.05) is 18.9 Å². The third kappa shape index (κ3) is 4.25. The van der Waals surface area contributed by atoms with Crippen LogP contribution in [0.3, 0.4) is 0 Å². The molecule has 0 spiro atoms. The van der Waals surface area contributed by atoms with E-state index in [0.29, 0.717) is 24.8 Å². The van der Waals surface area contributed by atoms with Crippen molar-refractivity contribution in [2.24, 2.45) is 5.73 Å². The minimum atomic E-state index is -0.368. The van der Waals surface area contributed by atoms with Crippen molar-refractivity contribution in [2.45, 2.75) is 37.9 Å². The highest BCUT2D eigenvalue weighted by molar-refractivity contribution is 7.99. The third-order valence-corrected chi connectivity index (χ3v) is 4.73. The SMILES string of the molecule is CC(C)n1c(Cc2ccc3c(c2)OCCCO3)nnc1SCC(N)=O. The van der Waals surface area contributed by atoms with Crippen LogP contribution in [0.25, 0.3) is 0 Å². The Morgan fingerprint density at radius 1 is 1.28 bits per heavy atom. The Hall–Kier alpha value is -2.22. The summed E-state index contributed by atoms with van der Waals surface area (Å²) in [5, 5.41) is 9.24. The lowest BCUT2D eigenvalue weighted by molar-refractivity contribution is -0.115. The van der Waals surface area contributed by atoms with Gasteiger partial charge in [-0.2, -0.15) is 0 Å². The molecule has 1 aliphatic rings. The summed E-state index contributed by atoms with van der Waals surface area (Å²) < 4.78 is 13.5. The van der Waals surface area contributed by atoms with E-state index in [1.165, 1.54) is 11.8 Å². The number of primary amides is 1. The predicted octanol–water partition coefficient (Wildman–Crippen LogP) is 2.19. The summed E-state index contributed by atoms with van der Waals surface area (Å²) in [5.41, 5.74) is 6.31. The van der Waals surface area contributed by atoms with Crippen LogP contribution in [0.5, 0.6) is 11.5 Å². The maximum atomic E-state index is 11.0. The normalized spacial score (nSPS) is 13.7. The minimum absolute atomic E-state index is 0.181. The number of amides is 1. The smallest absolute Gasteiger partial charge is 0.227 e. The molecule has 2 N–H and O–H groups in total. The van der Waals surface area contributed by atoms with Crippen molar-refractivity contribution in [1.82, 2.24) is 14.8 Å². The first-order valence-electron chi connectivity index (χ1n) is 8.28. The molecule has 0 saturated carbocycles. The Kier molecular flexibility index (Phi) is 5.47. The Bertz CT molecular complexity index is 760. The largest absolute Gasteiger partial charge is 0.490 e. The molecule has 1 amide bonds. The predicted molar refractivity (Wildman–Crippen MR) is 95.2 cm³/mol. The van der Waals surface area contributed by atoms with Crippen molar-refractivity contribution in [3.8, 4) is 11.5 Å². The molecule has 8 heteroatoms. The number of rotatable bonds is 6. The van der Waals surface area contributed by atoms with Gasteiger partial charge in [-0.15, -0.1) is 10.2 Å². The molecular formula is C17H22N4O3S. The van der Waals surface area contributed by atoms with Crippen molar-refractivity contribution in [3.63, 3.8) is 0 Å². The molecule has 0 radical (unpaired) electrons. The third-order valence-electron chi connectivity index (χ3n) is 3.77. The van der Waals surface area contributed by atoms with Gasteiger partial charge in [0.05, 0.1) is 19.0 Å². The lowest BCUT2D eigenvalue weighted by Gasteiger charge is -2.14. The highest BCUT2D eigenvalue weighted by atomic mass is 32.2. The van der Waals surface area contributed by atoms with Crippen LogP contribution in [0.2, 0.25) is 0 Å². The molecule has 3 rings (SSSR count). The number of benzene rings is 1. The van der Waals surface area contributed by atoms with E-state index in [0.717, 1.165) is 29.3 Å². The van der Waals surface area contributed by atoms with Crippen LogP contribution in [0.15, 0.2) is 23.4 Å². The summed E-state index contributed by atoms with van der Waals surface area (Å²) in [6.07, 6.45) is 1.51. The van der Waals surface area contributed by atoms with Gasteiger partial charge in [0.25, 0.3) is 0 Å². The molecule has 0 saturated heterocycles. The average Bonchev–Trinajstić information content (AvgIpc) is 2.81. The Morgan fingerprint density at radius 2 is 2.04 bits per heavy atom. The van der Waals surface area contributed by atoms with Crippen molar-refractivity contribution in [1.29, 1.82) is 0 Å². The van der Waals surface area contributed by atoms with Crippen LogP contribution in [0.4, 0.5) is 0 Å². The van der Waals surface area contributed by atoms with Crippen LogP contribution in [0, 0.1) is 0 Å². The van der Waals surface area contributed by atoms with E-state index in [4.69, 9.17) is 15.2 Å². The maximum Gasteiger partial charge on any atom is 0.227 e. The van der Waals surface area contributed by atoms with Crippen LogP contribution in [-0.2, 0) is 11.2 Å². The standard InChI is InChI=1S/C17H22N4O3S/c1-11(2)21-16(19-20-17(21)25-10-15(18)22)9-12-4-5-13-14(8-12)24-7-3-6-23-13/h4-5,8,11H,3,6-7,9-10H2,1-2H3,(H2,18,22). The number of ether oxygens (including phenoxy) is 2. The second kappa shape index (κ2) is 7.77. The molecule has 7 nitrogen and oxygen atoms in total. The quantitative estimate of drug-likeness (QED) is 0.792. The zero-order valence-electron chi connectivity index (χ0n) is 14.4. The first-order valence-corrected chi connectivity index (χ1v) is 9.26. The van der Waals surface area contributed by atoms with Gasteiger partial charge in [-0.05, 0) is 31.5 Å². The summed E-state index contributed by atoms with van der Waals surface area (Å²) in [4.78, 5) is 11.0. The Morgan fingerprint density at radius 3 is 2.76 bits per heavy atom. The van der Waals surface area contributed by atoms with Crippen LogP contribution in [0.1, 0.15) is 37.7 Å². The van der Waals surface area contributed by atoms with Gasteiger partial charge < -0.3 is 19.8 Å². The molecule has 0 unspecified atom stereocenters. The van der Waals surface area contributed by atoms with Gasteiger partial charge in [-0.25, -0.2) is 0 Å². The number of carbonyl (C=O) groups excluding carboxylic acids is 1. The monoisotopic (exact) mass is 362 g/mol. The number of nitrogens with zero attached hydrogens (tertiary/aromatic N) is 3. The van der Waals surface area contributed by atoms with Crippen molar-refractivity contribution in [3.05, 3.63) is 29.6 Å². The molecule has 0 bridgehead atoms. The molecular weight excluding hydrogens is 340 g/mol. The lowest BCUT2D eigenvalue weighted by atomic mass is 10.1. The fourth-order valence-corrected chi connectivity index (χ4v) is 3.51. The number of hydrogen-bond acceptors (Lipinski definition) is 6. The van der Waals surface area contributed by atoms with Crippen molar-refractivity contribution >= 4 is 17.7 Å². The highest BCUT2D eigenvalue weighted by Gasteiger charge is 2.17. The van der Waals surface area contributed by atoms with E-state index in [1.54, 1.807) is 0 Å². The maximum absolute atomic E-state index is 11.0. The zero-order chi connectivity index (χ0) is 17.8. The van der Waals surface area contributed by atoms with Gasteiger partial charge in [-0.3, -0.25) is 4.79 Å². The number of nitrogens with two attached hydrogens (primary N) is 1. The molecule has 25 heavy (non-hydrogen) atoms. The number of thioether (sulfide) groups is 1. The average molecular weight is 362 g/mol. The minimum Gasteiger partial charge on any atom is -0.490 e. The molecule has 0 fully saturated rings. The first-order chi connectivity index (χ1) is 12.0. The van der Waals surface area contributed by atoms with Gasteiger partial charge in [-0.1, -0.05) is 17.8 Å². The second-order valence-electron chi connectivity index (χ2n) is 6.13. The molecule has 2 aromatic rings. The van der Waals surface area contributed by atoms with E-state index in [9.17, 15) is 4.79 Å². The van der Waals surface area contributed by atoms with E-state index in [2.05, 4.69) is 24.0 Å². The van der Waals surface area contributed by atoms with Crippen molar-refractivity contribution in [2.75, 3.05) is 19.0 Å². The second-order valence-corrected chi connectivity index (χ2v) is 7.07. The summed E-state index contributed by atoms with van der Waals surface area (Å²) in [7, 11) is 0. The van der Waals surface area contributed by atoms with E-state index < -0.39 is 0 Å². The molecule has 1 aliphatic heterocycles. The van der Waals surface area contributed by atoms with Crippen LogP contribution >= 0.6 is 11.8 Å². The lowest BCUT2D eigenvalue weighted by Crippen LogP contribution is -2.14. The summed E-state index contributed by atoms with van der Waals surface area (Å²) >= 11 is 1.31. The zero-order valence-corrected chi connectivity index (χ0v) is 15.2. The fraction of sp³-hybridized carbons (Fsp3) is 0.471. The summed E-state index contributed by atoms with van der Waals surface area (Å²) in [5.74, 6) is 2.22. The molecule has 1 aromatic carbocycles. The van der Waals surface area contributed by atoms with E-state index in [1.807, 2.05) is 22.8 Å². The summed E-state index contributed by atoms with van der Waals surface area (Å²) in [6.45, 7) is 5.46. The van der Waals surface area contributed by atoms with Crippen LogP contribution in [-0.4, -0.2) is 39.6 Å². The molecule has 1 aromatic heterocycles. The number of aromatic nitrogens is 3. The van der Waals surface area contributed by atoms with Crippen LogP contribution < -0.4 is 15.2 Å². The molecule has 0 aliphatic carbocycles. The molecule has 0 atom stereocenters. The Labute approximate surface area is 150 Å². The molecule has 134 valence electrons. The molecule has 2 heterocycles. The summed E-state index contributed by atoms with van der Waals surface area (Å²) in [6, 6.07) is 6.13. The number of carbonyl (C=O) groups is 1. The highest BCUT2D eigenvalue weighted by Crippen LogP contribution is 2.31. The van der Waals surface area contributed by atoms with Gasteiger partial charge in [0.15, 0.2) is 16.7 Å². The van der Waals surface area contributed by atoms with E-state index in [-0.39, 0.29) is 17.7 Å². The first kappa shape index (κ1) is 17.6. The van der Waals surface area contributed by atoms with Gasteiger partial charge in [0.1, 0.15) is 5.82 Å². The van der Waals surface area contributed by atoms with Gasteiger partial charge >= 0.3 is 0 Å². The van der Waals surface area contributed by atoms with Crippen molar-refractivity contribution < 1.29 is 14.3 Å². The topological polar surface area (TPSA) is 92.3 Å². The van der Waals surface area contributed by atoms with E-state index >= 15 is 0 Å². The number of fused-ring (bicyclic) bond motifs is 1. The number of hydrogen-bond donors (Lipinski definition) is 1. The van der Waals surface area contributed by atoms with Gasteiger partial charge in [0.2, 0.25) is 5.91 Å².